The Balaban J connectivity index is 0.00000220. The molecule has 0 aromatic heterocycles. The van der Waals surface area contributed by atoms with Gasteiger partial charge in [0.25, 0.3) is 0 Å². The number of hydrogen-bond acceptors (Lipinski definition) is 3. The van der Waals surface area contributed by atoms with Gasteiger partial charge >= 0.3 is 0 Å². The highest BCUT2D eigenvalue weighted by Gasteiger charge is 2.25. The summed E-state index contributed by atoms with van der Waals surface area (Å²) in [6.45, 7) is 4.06. The molecule has 21 heavy (non-hydrogen) atoms. The molecule has 1 amide bonds. The maximum Gasteiger partial charge on any atom is 0.224 e. The van der Waals surface area contributed by atoms with Crippen LogP contribution >= 0.6 is 12.4 Å². The van der Waals surface area contributed by atoms with Gasteiger partial charge in [0.05, 0.1) is 0 Å². The molecule has 1 aliphatic carbocycles. The number of hydrogen-bond donors (Lipinski definition) is 2. The highest BCUT2D eigenvalue weighted by Crippen LogP contribution is 2.27. The Hall–Kier alpha value is -1.52. The molecule has 1 aromatic carbocycles. The van der Waals surface area contributed by atoms with Crippen molar-refractivity contribution in [2.45, 2.75) is 31.7 Å². The van der Waals surface area contributed by atoms with E-state index in [1.807, 2.05) is 24.3 Å². The fraction of sp³-hybridized carbons (Fsp3) is 0.438. The summed E-state index contributed by atoms with van der Waals surface area (Å²) in [6.07, 6.45) is 5.40. The number of ether oxygens (including phenoxy) is 1. The fourth-order valence-electron chi connectivity index (χ4n) is 2.59. The van der Waals surface area contributed by atoms with Gasteiger partial charge in [-0.15, -0.1) is 12.4 Å². The van der Waals surface area contributed by atoms with Crippen molar-refractivity contribution in [2.75, 3.05) is 11.9 Å². The van der Waals surface area contributed by atoms with Crippen LogP contribution in [0.4, 0.5) is 5.69 Å². The van der Waals surface area contributed by atoms with Gasteiger partial charge in [0, 0.05) is 24.2 Å². The zero-order valence-electron chi connectivity index (χ0n) is 12.1. The summed E-state index contributed by atoms with van der Waals surface area (Å²) in [4.78, 5) is 12.0. The van der Waals surface area contributed by atoms with Gasteiger partial charge in [-0.1, -0.05) is 25.1 Å². The first-order valence-electron chi connectivity index (χ1n) is 7.08. The van der Waals surface area contributed by atoms with Gasteiger partial charge in [-0.3, -0.25) is 4.79 Å². The Morgan fingerprint density at radius 2 is 2.29 bits per heavy atom. The minimum atomic E-state index is 0. The molecule has 116 valence electrons. The van der Waals surface area contributed by atoms with Crippen LogP contribution in [0.25, 0.3) is 0 Å². The number of nitrogens with one attached hydrogen (secondary N) is 1. The van der Waals surface area contributed by atoms with Gasteiger partial charge in [-0.2, -0.15) is 0 Å². The van der Waals surface area contributed by atoms with E-state index in [2.05, 4.69) is 11.9 Å². The number of anilines is 1. The molecule has 2 rings (SSSR count). The van der Waals surface area contributed by atoms with E-state index in [1.54, 1.807) is 6.08 Å². The zero-order valence-corrected chi connectivity index (χ0v) is 12.9. The maximum atomic E-state index is 12.0. The number of halogens is 1. The van der Waals surface area contributed by atoms with E-state index >= 15 is 0 Å². The van der Waals surface area contributed by atoms with Crippen molar-refractivity contribution in [1.82, 2.24) is 0 Å². The molecule has 0 spiro atoms. The third-order valence-corrected chi connectivity index (χ3v) is 3.65. The van der Waals surface area contributed by atoms with Gasteiger partial charge in [0.2, 0.25) is 5.91 Å². The number of rotatable bonds is 6. The van der Waals surface area contributed by atoms with Gasteiger partial charge in [-0.05, 0) is 30.9 Å². The maximum absolute atomic E-state index is 12.0. The van der Waals surface area contributed by atoms with E-state index in [0.29, 0.717) is 18.9 Å². The predicted molar refractivity (Wildman–Crippen MR) is 87.9 cm³/mol. The smallest absolute Gasteiger partial charge is 0.224 e. The summed E-state index contributed by atoms with van der Waals surface area (Å²) in [5.41, 5.74) is 6.74. The molecule has 0 unspecified atom stereocenters. The highest BCUT2D eigenvalue weighted by atomic mass is 35.5. The Morgan fingerprint density at radius 1 is 1.48 bits per heavy atom. The quantitative estimate of drug-likeness (QED) is 0.793. The normalized spacial score (nSPS) is 20.4. The molecule has 5 heteroatoms. The Morgan fingerprint density at radius 3 is 2.95 bits per heavy atom. The molecule has 1 aliphatic rings. The molecule has 0 aliphatic heterocycles. The second-order valence-electron chi connectivity index (χ2n) is 5.23. The molecule has 0 heterocycles. The molecular weight excluding hydrogens is 288 g/mol. The lowest BCUT2D eigenvalue weighted by atomic mass is 10.00. The van der Waals surface area contributed by atoms with E-state index in [-0.39, 0.29) is 24.4 Å². The topological polar surface area (TPSA) is 64.3 Å². The molecule has 1 saturated carbocycles. The van der Waals surface area contributed by atoms with Crippen LogP contribution in [0, 0.1) is 5.92 Å². The van der Waals surface area contributed by atoms with Gasteiger partial charge in [0.1, 0.15) is 12.4 Å². The van der Waals surface area contributed by atoms with E-state index in [0.717, 1.165) is 30.7 Å². The largest absolute Gasteiger partial charge is 0.489 e. The van der Waals surface area contributed by atoms with E-state index in [1.165, 1.54) is 0 Å². The number of amides is 1. The number of benzene rings is 1. The molecular formula is C16H23ClN2O2. The summed E-state index contributed by atoms with van der Waals surface area (Å²) >= 11 is 0. The standard InChI is InChI=1S/C16H22N2O2.ClH/c1-2-9-20-14-7-4-6-13(11-14)18-16(19)10-12-5-3-8-15(12)17;/h2,4,6-7,11-12,15H,1,3,5,8-10,17H2,(H,18,19);1H/t12-,15+;/m0./s1. The Bertz CT molecular complexity index is 479. The first-order chi connectivity index (χ1) is 9.69. The van der Waals surface area contributed by atoms with Crippen LogP contribution < -0.4 is 15.8 Å². The van der Waals surface area contributed by atoms with E-state index in [4.69, 9.17) is 10.5 Å². The molecule has 3 N–H and O–H groups in total. The lowest BCUT2D eigenvalue weighted by Crippen LogP contribution is -2.28. The minimum absolute atomic E-state index is 0. The van der Waals surface area contributed by atoms with Crippen LogP contribution in [0.15, 0.2) is 36.9 Å². The SMILES string of the molecule is C=CCOc1cccc(NC(=O)C[C@@H]2CCC[C@H]2N)c1.Cl. The molecule has 0 radical (unpaired) electrons. The van der Waals surface area contributed by atoms with Crippen molar-refractivity contribution in [3.63, 3.8) is 0 Å². The Labute approximate surface area is 132 Å². The van der Waals surface area contributed by atoms with Crippen LogP contribution in [0.1, 0.15) is 25.7 Å². The molecule has 0 bridgehead atoms. The molecule has 0 saturated heterocycles. The number of carbonyl (C=O) groups is 1. The zero-order chi connectivity index (χ0) is 14.4. The molecule has 4 nitrogen and oxygen atoms in total. The fourth-order valence-corrected chi connectivity index (χ4v) is 2.59. The van der Waals surface area contributed by atoms with Gasteiger partial charge in [0.15, 0.2) is 0 Å². The summed E-state index contributed by atoms with van der Waals surface area (Å²) in [5.74, 6) is 1.06. The third-order valence-electron chi connectivity index (χ3n) is 3.65. The summed E-state index contributed by atoms with van der Waals surface area (Å²) in [5, 5.41) is 2.91. The third kappa shape index (κ3) is 5.40. The summed E-state index contributed by atoms with van der Waals surface area (Å²) in [6, 6.07) is 7.55. The average Bonchev–Trinajstić information content (AvgIpc) is 2.82. The lowest BCUT2D eigenvalue weighted by Gasteiger charge is -2.15. The molecule has 1 aromatic rings. The van der Waals surface area contributed by atoms with Gasteiger partial charge < -0.3 is 15.8 Å². The first kappa shape index (κ1) is 17.5. The minimum Gasteiger partial charge on any atom is -0.489 e. The van der Waals surface area contributed by atoms with Crippen molar-refractivity contribution in [3.8, 4) is 5.75 Å². The highest BCUT2D eigenvalue weighted by molar-refractivity contribution is 5.91. The second-order valence-corrected chi connectivity index (χ2v) is 5.23. The molecule has 1 fully saturated rings. The summed E-state index contributed by atoms with van der Waals surface area (Å²) in [7, 11) is 0. The van der Waals surface area contributed by atoms with Crippen molar-refractivity contribution in [1.29, 1.82) is 0 Å². The van der Waals surface area contributed by atoms with Crippen LogP contribution in [0.5, 0.6) is 5.75 Å². The monoisotopic (exact) mass is 310 g/mol. The number of nitrogens with two attached hydrogens (primary N) is 1. The van der Waals surface area contributed by atoms with Crippen molar-refractivity contribution < 1.29 is 9.53 Å². The van der Waals surface area contributed by atoms with Crippen LogP contribution in [-0.2, 0) is 4.79 Å². The molecule has 2 atom stereocenters. The average molecular weight is 311 g/mol. The van der Waals surface area contributed by atoms with Crippen LogP contribution in [0.2, 0.25) is 0 Å². The van der Waals surface area contributed by atoms with E-state index < -0.39 is 0 Å². The Kier molecular flexibility index (Phi) is 7.26. The second kappa shape index (κ2) is 8.70. The number of carbonyl (C=O) groups excluding carboxylic acids is 1. The van der Waals surface area contributed by atoms with E-state index in [9.17, 15) is 4.79 Å². The van der Waals surface area contributed by atoms with Crippen molar-refractivity contribution in [3.05, 3.63) is 36.9 Å². The lowest BCUT2D eigenvalue weighted by molar-refractivity contribution is -0.117. The predicted octanol–water partition coefficient (Wildman–Crippen LogP) is 3.13. The van der Waals surface area contributed by atoms with Crippen LogP contribution in [0.3, 0.4) is 0 Å². The van der Waals surface area contributed by atoms with Crippen molar-refractivity contribution >= 4 is 24.0 Å². The first-order valence-corrected chi connectivity index (χ1v) is 7.08. The summed E-state index contributed by atoms with van der Waals surface area (Å²) < 4.78 is 5.44. The van der Waals surface area contributed by atoms with Crippen molar-refractivity contribution in [2.24, 2.45) is 11.7 Å². The van der Waals surface area contributed by atoms with Gasteiger partial charge in [-0.25, -0.2) is 0 Å². The van der Waals surface area contributed by atoms with Crippen LogP contribution in [-0.4, -0.2) is 18.6 Å².